The van der Waals surface area contributed by atoms with Crippen molar-refractivity contribution < 1.29 is 28.3 Å². The first-order chi connectivity index (χ1) is 12.7. The zero-order valence-corrected chi connectivity index (χ0v) is 15.1. The van der Waals surface area contributed by atoms with Crippen molar-refractivity contribution in [3.63, 3.8) is 0 Å². The van der Waals surface area contributed by atoms with Crippen LogP contribution >= 0.6 is 0 Å². The number of nitrogens with one attached hydrogen (secondary N) is 2. The van der Waals surface area contributed by atoms with Gasteiger partial charge in [0.15, 0.2) is 12.7 Å². The van der Waals surface area contributed by atoms with Gasteiger partial charge < -0.3 is 19.2 Å². The van der Waals surface area contributed by atoms with Crippen molar-refractivity contribution in [3.05, 3.63) is 40.8 Å². The van der Waals surface area contributed by atoms with E-state index in [2.05, 4.69) is 10.6 Å². The van der Waals surface area contributed by atoms with Crippen molar-refractivity contribution in [2.24, 2.45) is 0 Å². The van der Waals surface area contributed by atoms with Gasteiger partial charge in [0, 0.05) is 23.6 Å². The highest BCUT2D eigenvalue weighted by Gasteiger charge is 2.20. The molecule has 2 rings (SSSR count). The van der Waals surface area contributed by atoms with Crippen LogP contribution in [0.3, 0.4) is 0 Å². The third kappa shape index (κ3) is 6.14. The SMILES string of the molecule is CC(C)NC(=O)NC(=O)C(C)OC(=O)COc1ccc2ccc(=O)oc2c1. The maximum Gasteiger partial charge on any atom is 0.344 e. The molecule has 1 aromatic carbocycles. The zero-order chi connectivity index (χ0) is 20.0. The Morgan fingerprint density at radius 3 is 2.52 bits per heavy atom. The van der Waals surface area contributed by atoms with Gasteiger partial charge in [0.25, 0.3) is 5.91 Å². The number of hydrogen-bond donors (Lipinski definition) is 2. The maximum atomic E-state index is 11.8. The number of fused-ring (bicyclic) bond motifs is 1. The first-order valence-electron chi connectivity index (χ1n) is 8.22. The van der Waals surface area contributed by atoms with E-state index in [0.717, 1.165) is 0 Å². The summed E-state index contributed by atoms with van der Waals surface area (Å²) in [4.78, 5) is 46.3. The summed E-state index contributed by atoms with van der Waals surface area (Å²) in [6.45, 7) is 4.35. The van der Waals surface area contributed by atoms with E-state index in [0.29, 0.717) is 16.7 Å². The standard InChI is InChI=1S/C18H20N2O7/c1-10(2)19-18(24)20-17(23)11(3)26-16(22)9-25-13-6-4-12-5-7-15(21)27-14(12)8-13/h4-8,10-11H,9H2,1-3H3,(H2,19,20,23,24). The van der Waals surface area contributed by atoms with Crippen molar-refractivity contribution in [1.82, 2.24) is 10.6 Å². The Hall–Kier alpha value is -3.36. The van der Waals surface area contributed by atoms with Gasteiger partial charge in [-0.2, -0.15) is 0 Å². The van der Waals surface area contributed by atoms with Gasteiger partial charge in [-0.3, -0.25) is 10.1 Å². The van der Waals surface area contributed by atoms with Crippen LogP contribution in [0.25, 0.3) is 11.0 Å². The molecule has 144 valence electrons. The lowest BCUT2D eigenvalue weighted by molar-refractivity contribution is -0.156. The van der Waals surface area contributed by atoms with Crippen LogP contribution in [0.2, 0.25) is 0 Å². The van der Waals surface area contributed by atoms with E-state index in [4.69, 9.17) is 13.9 Å². The fraction of sp³-hybridized carbons (Fsp3) is 0.333. The Morgan fingerprint density at radius 1 is 1.11 bits per heavy atom. The van der Waals surface area contributed by atoms with E-state index in [9.17, 15) is 19.2 Å². The summed E-state index contributed by atoms with van der Waals surface area (Å²) < 4.78 is 15.2. The summed E-state index contributed by atoms with van der Waals surface area (Å²) in [5.41, 5.74) is -0.183. The van der Waals surface area contributed by atoms with Crippen LogP contribution in [0.15, 0.2) is 39.5 Å². The molecule has 0 radical (unpaired) electrons. The second kappa shape index (κ2) is 8.84. The minimum atomic E-state index is -1.17. The number of amides is 3. The quantitative estimate of drug-likeness (QED) is 0.576. The Morgan fingerprint density at radius 2 is 1.81 bits per heavy atom. The molecule has 9 nitrogen and oxygen atoms in total. The molecule has 27 heavy (non-hydrogen) atoms. The van der Waals surface area contributed by atoms with Crippen molar-refractivity contribution in [2.75, 3.05) is 6.61 Å². The Bertz CT molecular complexity index is 904. The molecule has 0 spiro atoms. The Kier molecular flexibility index (Phi) is 6.53. The first-order valence-corrected chi connectivity index (χ1v) is 8.22. The molecule has 0 saturated heterocycles. The van der Waals surface area contributed by atoms with Crippen LogP contribution < -0.4 is 21.0 Å². The molecule has 0 aliphatic rings. The molecule has 0 aliphatic carbocycles. The summed E-state index contributed by atoms with van der Waals surface area (Å²) in [6.07, 6.45) is -1.17. The van der Waals surface area contributed by atoms with Crippen LogP contribution in [-0.4, -0.2) is 36.7 Å². The van der Waals surface area contributed by atoms with Crippen LogP contribution in [0.1, 0.15) is 20.8 Å². The number of rotatable bonds is 6. The predicted octanol–water partition coefficient (Wildman–Crippen LogP) is 1.34. The fourth-order valence-electron chi connectivity index (χ4n) is 2.07. The molecule has 1 unspecified atom stereocenters. The van der Waals surface area contributed by atoms with E-state index in [1.54, 1.807) is 32.0 Å². The monoisotopic (exact) mass is 376 g/mol. The smallest absolute Gasteiger partial charge is 0.344 e. The first kappa shape index (κ1) is 20.0. The van der Waals surface area contributed by atoms with Crippen molar-refractivity contribution in [3.8, 4) is 5.75 Å². The second-order valence-electron chi connectivity index (χ2n) is 5.99. The summed E-state index contributed by atoms with van der Waals surface area (Å²) in [6, 6.07) is 6.83. The largest absolute Gasteiger partial charge is 0.482 e. The van der Waals surface area contributed by atoms with Gasteiger partial charge in [0.2, 0.25) is 0 Å². The molecule has 0 saturated carbocycles. The van der Waals surface area contributed by atoms with Gasteiger partial charge in [0.1, 0.15) is 11.3 Å². The minimum Gasteiger partial charge on any atom is -0.482 e. The lowest BCUT2D eigenvalue weighted by atomic mass is 10.2. The summed E-state index contributed by atoms with van der Waals surface area (Å²) in [7, 11) is 0. The van der Waals surface area contributed by atoms with Crippen LogP contribution in [0.5, 0.6) is 5.75 Å². The van der Waals surface area contributed by atoms with Crippen LogP contribution in [0.4, 0.5) is 4.79 Å². The molecule has 0 fully saturated rings. The average Bonchev–Trinajstić information content (AvgIpc) is 2.58. The second-order valence-corrected chi connectivity index (χ2v) is 5.99. The highest BCUT2D eigenvalue weighted by atomic mass is 16.6. The molecule has 1 heterocycles. The third-order valence-corrected chi connectivity index (χ3v) is 3.29. The van der Waals surface area contributed by atoms with Gasteiger partial charge in [-0.25, -0.2) is 14.4 Å². The molecule has 3 amide bonds. The zero-order valence-electron chi connectivity index (χ0n) is 15.1. The van der Waals surface area contributed by atoms with Gasteiger partial charge in [-0.05, 0) is 39.0 Å². The van der Waals surface area contributed by atoms with E-state index in [1.165, 1.54) is 19.1 Å². The summed E-state index contributed by atoms with van der Waals surface area (Å²) in [5.74, 6) is -1.26. The Labute approximate surface area is 154 Å². The molecular formula is C18H20N2O7. The summed E-state index contributed by atoms with van der Waals surface area (Å²) in [5, 5.41) is 5.25. The number of carbonyl (C=O) groups excluding carboxylic acids is 3. The molecule has 9 heteroatoms. The molecule has 0 aliphatic heterocycles. The number of imide groups is 1. The maximum absolute atomic E-state index is 11.8. The third-order valence-electron chi connectivity index (χ3n) is 3.29. The van der Waals surface area contributed by atoms with Crippen molar-refractivity contribution in [2.45, 2.75) is 32.9 Å². The van der Waals surface area contributed by atoms with E-state index >= 15 is 0 Å². The van der Waals surface area contributed by atoms with Gasteiger partial charge in [0.05, 0.1) is 0 Å². The molecule has 2 aromatic rings. The number of urea groups is 1. The summed E-state index contributed by atoms with van der Waals surface area (Å²) >= 11 is 0. The number of ether oxygens (including phenoxy) is 2. The van der Waals surface area contributed by atoms with Gasteiger partial charge >= 0.3 is 17.6 Å². The molecular weight excluding hydrogens is 356 g/mol. The van der Waals surface area contributed by atoms with Crippen LogP contribution in [-0.2, 0) is 14.3 Å². The lowest BCUT2D eigenvalue weighted by Gasteiger charge is -2.14. The average molecular weight is 376 g/mol. The molecule has 1 atom stereocenters. The van der Waals surface area contributed by atoms with E-state index < -0.39 is 36.2 Å². The van der Waals surface area contributed by atoms with Crippen molar-refractivity contribution in [1.29, 1.82) is 0 Å². The molecule has 2 N–H and O–H groups in total. The number of hydrogen-bond acceptors (Lipinski definition) is 7. The number of benzene rings is 1. The number of esters is 1. The lowest BCUT2D eigenvalue weighted by Crippen LogP contribution is -2.46. The highest BCUT2D eigenvalue weighted by molar-refractivity contribution is 5.97. The fourth-order valence-corrected chi connectivity index (χ4v) is 2.07. The number of carbonyl (C=O) groups is 3. The topological polar surface area (TPSA) is 124 Å². The predicted molar refractivity (Wildman–Crippen MR) is 95.3 cm³/mol. The van der Waals surface area contributed by atoms with Crippen LogP contribution in [0, 0.1) is 0 Å². The Balaban J connectivity index is 1.85. The van der Waals surface area contributed by atoms with Crippen molar-refractivity contribution >= 4 is 28.9 Å². The normalized spacial score (nSPS) is 11.7. The van der Waals surface area contributed by atoms with E-state index in [-0.39, 0.29) is 6.04 Å². The van der Waals surface area contributed by atoms with E-state index in [1.807, 2.05) is 0 Å². The van der Waals surface area contributed by atoms with Gasteiger partial charge in [-0.1, -0.05) is 0 Å². The molecule has 1 aromatic heterocycles. The highest BCUT2D eigenvalue weighted by Crippen LogP contribution is 2.19. The minimum absolute atomic E-state index is 0.143. The molecule has 0 bridgehead atoms. The van der Waals surface area contributed by atoms with Gasteiger partial charge in [-0.15, -0.1) is 0 Å².